The van der Waals surface area contributed by atoms with Crippen molar-refractivity contribution in [2.45, 2.75) is 12.8 Å². The SMILES string of the molecule is C=C1C=CC=C(C(=O)NCCN(CCCCN(CCNC(=O)c2cccc(=O)n2O)CCNC(=O)c2cccc(=O)n2O)CCNC(=O)c2cccc(=O)n2O)N1O. The van der Waals surface area contributed by atoms with Gasteiger partial charge in [-0.15, -0.1) is 14.2 Å². The first-order valence-corrected chi connectivity index (χ1v) is 18.2. The molecule has 1 aliphatic heterocycles. The van der Waals surface area contributed by atoms with E-state index in [0.29, 0.717) is 44.1 Å². The molecule has 0 fully saturated rings. The molecule has 0 bridgehead atoms. The van der Waals surface area contributed by atoms with Gasteiger partial charge in [-0.25, -0.2) is 5.06 Å². The Morgan fingerprint density at radius 3 is 1.24 bits per heavy atom. The maximum absolute atomic E-state index is 12.8. The van der Waals surface area contributed by atoms with Crippen molar-refractivity contribution in [3.63, 3.8) is 0 Å². The second-order valence-corrected chi connectivity index (χ2v) is 12.8. The molecule has 21 nitrogen and oxygen atoms in total. The molecule has 0 saturated carbocycles. The number of rotatable bonds is 21. The zero-order chi connectivity index (χ0) is 42.2. The van der Waals surface area contributed by atoms with Crippen LogP contribution < -0.4 is 37.9 Å². The molecule has 0 aliphatic carbocycles. The maximum atomic E-state index is 12.8. The highest BCUT2D eigenvalue weighted by Crippen LogP contribution is 2.15. The van der Waals surface area contributed by atoms with Crippen molar-refractivity contribution in [2.24, 2.45) is 0 Å². The average Bonchev–Trinajstić information content (AvgIpc) is 3.19. The lowest BCUT2D eigenvalue weighted by molar-refractivity contribution is -0.123. The van der Waals surface area contributed by atoms with E-state index >= 15 is 0 Å². The van der Waals surface area contributed by atoms with Crippen molar-refractivity contribution in [1.29, 1.82) is 0 Å². The standard InChI is InChI=1S/C37H46N10O11/c1-26-8-4-9-27(44(26)55)34(51)38-16-22-42(23-17-39-35(52)28-10-5-13-31(48)45(28)56)20-2-3-21-43(24-18-40-36(53)29-11-6-14-32(49)46(29)57)25-19-41-37(54)30-12-7-15-33(50)47(30)58/h4-15,55-58H,1-3,16-25H2,(H,38,51)(H,39,52)(H,40,53)(H,41,54). The summed E-state index contributed by atoms with van der Waals surface area (Å²) >= 11 is 0. The number of carbonyl (C=O) groups excluding carboxylic acids is 4. The lowest BCUT2D eigenvalue weighted by atomic mass is 10.2. The Balaban J connectivity index is 1.35. The first kappa shape index (κ1) is 43.8. The Morgan fingerprint density at radius 2 is 0.879 bits per heavy atom. The highest BCUT2D eigenvalue weighted by atomic mass is 16.5. The molecular weight excluding hydrogens is 760 g/mol. The summed E-state index contributed by atoms with van der Waals surface area (Å²) in [6.07, 6.45) is 5.75. The number of amides is 4. The van der Waals surface area contributed by atoms with E-state index in [0.717, 1.165) is 18.2 Å². The summed E-state index contributed by atoms with van der Waals surface area (Å²) in [4.78, 5) is 90.0. The molecule has 0 atom stereocenters. The van der Waals surface area contributed by atoms with Crippen molar-refractivity contribution in [1.82, 2.24) is 50.3 Å². The molecule has 0 unspecified atom stereocenters. The first-order valence-electron chi connectivity index (χ1n) is 18.2. The Bertz CT molecular complexity index is 2130. The van der Waals surface area contributed by atoms with Crippen LogP contribution in [0.5, 0.6) is 0 Å². The van der Waals surface area contributed by atoms with Gasteiger partial charge in [-0.3, -0.25) is 48.6 Å². The summed E-state index contributed by atoms with van der Waals surface area (Å²) in [5.74, 6) is -2.58. The van der Waals surface area contributed by atoms with Gasteiger partial charge in [-0.1, -0.05) is 30.9 Å². The van der Waals surface area contributed by atoms with Gasteiger partial charge >= 0.3 is 0 Å². The van der Waals surface area contributed by atoms with E-state index in [2.05, 4.69) is 27.8 Å². The van der Waals surface area contributed by atoms with Gasteiger partial charge in [-0.2, -0.15) is 0 Å². The van der Waals surface area contributed by atoms with Gasteiger partial charge in [0.2, 0.25) is 0 Å². The summed E-state index contributed by atoms with van der Waals surface area (Å²) in [7, 11) is 0. The number of hydrogen-bond acceptors (Lipinski definition) is 14. The Hall–Kier alpha value is -6.97. The largest absolute Gasteiger partial charge is 0.425 e. The number of nitrogens with zero attached hydrogens (tertiary/aromatic N) is 6. The van der Waals surface area contributed by atoms with Crippen LogP contribution in [0.15, 0.2) is 105 Å². The molecule has 0 aromatic carbocycles. The van der Waals surface area contributed by atoms with E-state index in [1.54, 1.807) is 6.08 Å². The average molecular weight is 807 g/mol. The molecule has 8 N–H and O–H groups in total. The smallest absolute Gasteiger partial charge is 0.283 e. The van der Waals surface area contributed by atoms with E-state index in [-0.39, 0.29) is 81.9 Å². The van der Waals surface area contributed by atoms with E-state index < -0.39 is 40.3 Å². The molecule has 0 spiro atoms. The van der Waals surface area contributed by atoms with Crippen LogP contribution in [-0.4, -0.2) is 139 Å². The number of pyridine rings is 3. The van der Waals surface area contributed by atoms with Gasteiger partial charge in [0.15, 0.2) is 0 Å². The number of allylic oxidation sites excluding steroid dienone is 3. The Morgan fingerprint density at radius 1 is 0.534 bits per heavy atom. The van der Waals surface area contributed by atoms with Crippen molar-refractivity contribution in [2.75, 3.05) is 65.4 Å². The molecule has 3 aromatic rings. The summed E-state index contributed by atoms with van der Waals surface area (Å²) in [5.41, 5.74) is -2.86. The van der Waals surface area contributed by atoms with Crippen LogP contribution >= 0.6 is 0 Å². The number of nitrogens with one attached hydrogen (secondary N) is 4. The van der Waals surface area contributed by atoms with Crippen molar-refractivity contribution in [3.8, 4) is 0 Å². The molecule has 3 aromatic heterocycles. The molecule has 58 heavy (non-hydrogen) atoms. The van der Waals surface area contributed by atoms with Crippen molar-refractivity contribution < 1.29 is 40.0 Å². The molecule has 21 heteroatoms. The molecule has 1 aliphatic rings. The molecular formula is C37H46N10O11. The van der Waals surface area contributed by atoms with Crippen LogP contribution in [0.2, 0.25) is 0 Å². The Kier molecular flexibility index (Phi) is 16.1. The van der Waals surface area contributed by atoms with Gasteiger partial charge in [0.1, 0.15) is 22.8 Å². The van der Waals surface area contributed by atoms with Gasteiger partial charge in [0, 0.05) is 70.6 Å². The fraction of sp³-hybridized carbons (Fsp3) is 0.324. The quantitative estimate of drug-likeness (QED) is 0.0456. The van der Waals surface area contributed by atoms with Gasteiger partial charge in [-0.05, 0) is 56.3 Å². The number of unbranched alkanes of at least 4 members (excludes halogenated alkanes) is 1. The minimum atomic E-state index is -0.773. The first-order chi connectivity index (χ1) is 27.8. The van der Waals surface area contributed by atoms with E-state index in [9.17, 15) is 54.4 Å². The minimum Gasteiger partial charge on any atom is -0.425 e. The highest BCUT2D eigenvalue weighted by Gasteiger charge is 2.20. The fourth-order valence-electron chi connectivity index (χ4n) is 5.69. The van der Waals surface area contributed by atoms with E-state index in [1.807, 2.05) is 9.80 Å². The normalized spacial score (nSPS) is 12.4. The number of hydrogen-bond donors (Lipinski definition) is 8. The van der Waals surface area contributed by atoms with Crippen LogP contribution in [0.25, 0.3) is 0 Å². The summed E-state index contributed by atoms with van der Waals surface area (Å²) in [6.45, 7) is 6.33. The lowest BCUT2D eigenvalue weighted by Crippen LogP contribution is -2.42. The van der Waals surface area contributed by atoms with E-state index in [1.165, 1.54) is 48.6 Å². The molecule has 4 amide bonds. The number of hydroxylamine groups is 2. The topological polar surface area (TPSA) is 273 Å². The third-order valence-corrected chi connectivity index (χ3v) is 8.82. The Labute approximate surface area is 330 Å². The second kappa shape index (κ2) is 21.4. The predicted octanol–water partition coefficient (Wildman–Crippen LogP) is -1.37. The molecule has 0 radical (unpaired) electrons. The summed E-state index contributed by atoms with van der Waals surface area (Å²) < 4.78 is 0.732. The van der Waals surface area contributed by atoms with Crippen LogP contribution in [0, 0.1) is 0 Å². The number of carbonyl (C=O) groups is 4. The van der Waals surface area contributed by atoms with Gasteiger partial charge < -0.3 is 36.9 Å². The van der Waals surface area contributed by atoms with Crippen LogP contribution in [-0.2, 0) is 4.79 Å². The van der Waals surface area contributed by atoms with Crippen LogP contribution in [0.1, 0.15) is 44.3 Å². The highest BCUT2D eigenvalue weighted by molar-refractivity contribution is 5.94. The zero-order valence-electron chi connectivity index (χ0n) is 31.5. The van der Waals surface area contributed by atoms with Crippen molar-refractivity contribution in [3.05, 3.63) is 139 Å². The third kappa shape index (κ3) is 12.3. The maximum Gasteiger partial charge on any atom is 0.283 e. The predicted molar refractivity (Wildman–Crippen MR) is 206 cm³/mol. The molecule has 310 valence electrons. The lowest BCUT2D eigenvalue weighted by Gasteiger charge is -2.26. The minimum absolute atomic E-state index is 0.0133. The monoisotopic (exact) mass is 806 g/mol. The van der Waals surface area contributed by atoms with Crippen LogP contribution in [0.4, 0.5) is 0 Å². The summed E-state index contributed by atoms with van der Waals surface area (Å²) in [6, 6.07) is 11.2. The second-order valence-electron chi connectivity index (χ2n) is 12.8. The summed E-state index contributed by atoms with van der Waals surface area (Å²) in [5, 5.41) is 51.4. The third-order valence-electron chi connectivity index (χ3n) is 8.82. The van der Waals surface area contributed by atoms with Gasteiger partial charge in [0.25, 0.3) is 40.3 Å². The molecule has 4 heterocycles. The van der Waals surface area contributed by atoms with Gasteiger partial charge in [0.05, 0.1) is 5.70 Å². The van der Waals surface area contributed by atoms with E-state index in [4.69, 9.17) is 0 Å². The fourth-order valence-corrected chi connectivity index (χ4v) is 5.69. The molecule has 0 saturated heterocycles. The van der Waals surface area contributed by atoms with Crippen molar-refractivity contribution >= 4 is 23.6 Å². The van der Waals surface area contributed by atoms with Crippen LogP contribution in [0.3, 0.4) is 0 Å². The number of aromatic nitrogens is 3. The molecule has 4 rings (SSSR count). The zero-order valence-corrected chi connectivity index (χ0v) is 31.5.